The van der Waals surface area contributed by atoms with Gasteiger partial charge in [0.25, 0.3) is 0 Å². The van der Waals surface area contributed by atoms with E-state index in [0.717, 1.165) is 51.3 Å². The third-order valence-corrected chi connectivity index (χ3v) is 6.14. The lowest BCUT2D eigenvalue weighted by Gasteiger charge is -2.36. The first-order valence-corrected chi connectivity index (χ1v) is 10.1. The molecule has 0 saturated carbocycles. The molecule has 1 unspecified atom stereocenters. The predicted octanol–water partition coefficient (Wildman–Crippen LogP) is 1.88. The van der Waals surface area contributed by atoms with Gasteiger partial charge in [0.15, 0.2) is 0 Å². The van der Waals surface area contributed by atoms with Crippen LogP contribution in [0.25, 0.3) is 0 Å². The van der Waals surface area contributed by atoms with Crippen molar-refractivity contribution in [3.05, 3.63) is 0 Å². The van der Waals surface area contributed by atoms with Gasteiger partial charge in [-0.2, -0.15) is 0 Å². The summed E-state index contributed by atoms with van der Waals surface area (Å²) >= 11 is 1.69. The van der Waals surface area contributed by atoms with Crippen molar-refractivity contribution >= 4 is 23.6 Å². The molecular weight excluding hydrogens is 310 g/mol. The fourth-order valence-electron chi connectivity index (χ4n) is 3.49. The van der Waals surface area contributed by atoms with E-state index in [0.29, 0.717) is 18.2 Å². The van der Waals surface area contributed by atoms with Crippen LogP contribution >= 0.6 is 11.8 Å². The summed E-state index contributed by atoms with van der Waals surface area (Å²) in [5, 5.41) is 0. The van der Waals surface area contributed by atoms with Gasteiger partial charge in [-0.15, -0.1) is 11.8 Å². The summed E-state index contributed by atoms with van der Waals surface area (Å²) in [5.74, 6) is 2.39. The number of likely N-dealkylation sites (tertiary alicyclic amines) is 1. The molecular formula is C17H31N3O2S. The molecule has 2 aliphatic heterocycles. The van der Waals surface area contributed by atoms with Crippen LogP contribution in [0.2, 0.25) is 0 Å². The van der Waals surface area contributed by atoms with E-state index in [1.807, 2.05) is 11.8 Å². The smallest absolute Gasteiger partial charge is 0.246 e. The van der Waals surface area contributed by atoms with E-state index in [9.17, 15) is 9.59 Å². The molecule has 5 nitrogen and oxygen atoms in total. The highest BCUT2D eigenvalue weighted by molar-refractivity contribution is 7.99. The van der Waals surface area contributed by atoms with Crippen LogP contribution in [0.3, 0.4) is 0 Å². The lowest BCUT2D eigenvalue weighted by Crippen LogP contribution is -2.51. The first-order chi connectivity index (χ1) is 11.1. The van der Waals surface area contributed by atoms with Gasteiger partial charge >= 0.3 is 0 Å². The maximum absolute atomic E-state index is 12.8. The Morgan fingerprint density at radius 2 is 1.78 bits per heavy atom. The Labute approximate surface area is 144 Å². The number of carbonyl (C=O) groups excluding carboxylic acids is 2. The molecule has 132 valence electrons. The number of hydrogen-bond donors (Lipinski definition) is 0. The maximum atomic E-state index is 12.8. The van der Waals surface area contributed by atoms with Crippen LogP contribution in [0.4, 0.5) is 0 Å². The van der Waals surface area contributed by atoms with Crippen molar-refractivity contribution in [2.45, 2.75) is 46.1 Å². The van der Waals surface area contributed by atoms with Crippen molar-refractivity contribution in [3.8, 4) is 0 Å². The van der Waals surface area contributed by atoms with Gasteiger partial charge in [-0.1, -0.05) is 20.8 Å². The van der Waals surface area contributed by atoms with Crippen LogP contribution in [0.1, 0.15) is 40.0 Å². The average Bonchev–Trinajstić information content (AvgIpc) is 3.08. The summed E-state index contributed by atoms with van der Waals surface area (Å²) < 4.78 is 0. The van der Waals surface area contributed by atoms with E-state index in [1.54, 1.807) is 16.7 Å². The van der Waals surface area contributed by atoms with Crippen LogP contribution in [0, 0.1) is 5.92 Å². The molecule has 0 spiro atoms. The number of piperidine rings is 1. The molecule has 0 aromatic rings. The van der Waals surface area contributed by atoms with E-state index < -0.39 is 0 Å². The number of amides is 2. The summed E-state index contributed by atoms with van der Waals surface area (Å²) in [6.07, 6.45) is 2.66. The van der Waals surface area contributed by atoms with Gasteiger partial charge in [-0.25, -0.2) is 0 Å². The minimum Gasteiger partial charge on any atom is -0.341 e. The van der Waals surface area contributed by atoms with Crippen molar-refractivity contribution < 1.29 is 9.59 Å². The van der Waals surface area contributed by atoms with E-state index in [2.05, 4.69) is 18.7 Å². The SMILES string of the molecule is CCC(=O)N1CSCC1C(=O)N1CCC(CN(CC)CC)CC1. The van der Waals surface area contributed by atoms with E-state index in [1.165, 1.54) is 0 Å². The van der Waals surface area contributed by atoms with Gasteiger partial charge in [0.2, 0.25) is 11.8 Å². The minimum atomic E-state index is -0.230. The molecule has 6 heteroatoms. The van der Waals surface area contributed by atoms with Crippen molar-refractivity contribution in [3.63, 3.8) is 0 Å². The monoisotopic (exact) mass is 341 g/mol. The Morgan fingerprint density at radius 1 is 1.13 bits per heavy atom. The first-order valence-electron chi connectivity index (χ1n) is 8.98. The number of nitrogens with zero attached hydrogens (tertiary/aromatic N) is 3. The van der Waals surface area contributed by atoms with E-state index in [4.69, 9.17) is 0 Å². The maximum Gasteiger partial charge on any atom is 0.246 e. The minimum absolute atomic E-state index is 0.102. The van der Waals surface area contributed by atoms with Gasteiger partial charge in [-0.05, 0) is 31.8 Å². The molecule has 23 heavy (non-hydrogen) atoms. The second kappa shape index (κ2) is 8.92. The molecule has 0 aromatic heterocycles. The predicted molar refractivity (Wildman–Crippen MR) is 95.3 cm³/mol. The van der Waals surface area contributed by atoms with Crippen LogP contribution in [-0.4, -0.2) is 76.9 Å². The summed E-state index contributed by atoms with van der Waals surface area (Å²) in [7, 11) is 0. The quantitative estimate of drug-likeness (QED) is 0.740. The molecule has 2 saturated heterocycles. The third-order valence-electron chi connectivity index (χ3n) is 5.13. The zero-order chi connectivity index (χ0) is 16.8. The zero-order valence-corrected chi connectivity index (χ0v) is 15.6. The molecule has 2 rings (SSSR count). The van der Waals surface area contributed by atoms with Gasteiger partial charge in [-0.3, -0.25) is 9.59 Å². The zero-order valence-electron chi connectivity index (χ0n) is 14.8. The number of hydrogen-bond acceptors (Lipinski definition) is 4. The summed E-state index contributed by atoms with van der Waals surface area (Å²) in [4.78, 5) is 31.0. The van der Waals surface area contributed by atoms with Gasteiger partial charge in [0.05, 0.1) is 5.88 Å². The van der Waals surface area contributed by atoms with Crippen LogP contribution < -0.4 is 0 Å². The van der Waals surface area contributed by atoms with E-state index in [-0.39, 0.29) is 17.9 Å². The van der Waals surface area contributed by atoms with Crippen molar-refractivity contribution in [1.82, 2.24) is 14.7 Å². The topological polar surface area (TPSA) is 43.9 Å². The van der Waals surface area contributed by atoms with Gasteiger partial charge in [0, 0.05) is 31.8 Å². The highest BCUT2D eigenvalue weighted by atomic mass is 32.2. The number of thioether (sulfide) groups is 1. The lowest BCUT2D eigenvalue weighted by atomic mass is 9.95. The molecule has 0 N–H and O–H groups in total. The highest BCUT2D eigenvalue weighted by Crippen LogP contribution is 2.26. The van der Waals surface area contributed by atoms with Crippen LogP contribution in [-0.2, 0) is 9.59 Å². The molecule has 0 radical (unpaired) electrons. The standard InChI is InChI=1S/C17H31N3O2S/c1-4-16(21)20-13-23-12-15(20)17(22)19-9-7-14(8-10-19)11-18(5-2)6-3/h14-15H,4-13H2,1-3H3. The largest absolute Gasteiger partial charge is 0.341 e. The Bertz CT molecular complexity index is 407. The number of rotatable bonds is 6. The average molecular weight is 342 g/mol. The number of carbonyl (C=O) groups is 2. The first kappa shape index (κ1) is 18.6. The molecule has 1 atom stereocenters. The fourth-order valence-corrected chi connectivity index (χ4v) is 4.66. The molecule has 2 heterocycles. The van der Waals surface area contributed by atoms with Crippen LogP contribution in [0.15, 0.2) is 0 Å². The van der Waals surface area contributed by atoms with Gasteiger partial charge in [0.1, 0.15) is 6.04 Å². The summed E-state index contributed by atoms with van der Waals surface area (Å²) in [6.45, 7) is 11.3. The molecule has 0 aromatic carbocycles. The van der Waals surface area contributed by atoms with Crippen LogP contribution in [0.5, 0.6) is 0 Å². The van der Waals surface area contributed by atoms with Crippen molar-refractivity contribution in [1.29, 1.82) is 0 Å². The summed E-state index contributed by atoms with van der Waals surface area (Å²) in [6, 6.07) is -0.230. The third kappa shape index (κ3) is 4.63. The van der Waals surface area contributed by atoms with Gasteiger partial charge < -0.3 is 14.7 Å². The highest BCUT2D eigenvalue weighted by Gasteiger charge is 2.37. The van der Waals surface area contributed by atoms with Crippen molar-refractivity contribution in [2.24, 2.45) is 5.92 Å². The second-order valence-electron chi connectivity index (χ2n) is 6.49. The molecule has 2 amide bonds. The van der Waals surface area contributed by atoms with Crippen molar-refractivity contribution in [2.75, 3.05) is 44.4 Å². The molecule has 0 aliphatic carbocycles. The molecule has 0 bridgehead atoms. The molecule has 2 fully saturated rings. The second-order valence-corrected chi connectivity index (χ2v) is 7.49. The molecule has 2 aliphatic rings. The lowest BCUT2D eigenvalue weighted by molar-refractivity contribution is -0.144. The van der Waals surface area contributed by atoms with E-state index >= 15 is 0 Å². The fraction of sp³-hybridized carbons (Fsp3) is 0.882. The normalized spacial score (nSPS) is 22.9. The Hall–Kier alpha value is -0.750. The Morgan fingerprint density at radius 3 is 2.35 bits per heavy atom. The Balaban J connectivity index is 1.84. The summed E-state index contributed by atoms with van der Waals surface area (Å²) in [5.41, 5.74) is 0. The Kier molecular flexibility index (Phi) is 7.21.